The Labute approximate surface area is 72.6 Å². The minimum atomic E-state index is -5.42. The van der Waals surface area contributed by atoms with Gasteiger partial charge in [0.1, 0.15) is 0 Å². The molecule has 0 N–H and O–H groups in total. The Morgan fingerprint density at radius 3 is 1.58 bits per heavy atom. The Bertz CT molecular complexity index is 209. The maximum atomic E-state index is 10.1. The molecule has 0 aromatic carbocycles. The summed E-state index contributed by atoms with van der Waals surface area (Å²) >= 11 is 0. The molecule has 1 rings (SSSR count). The van der Waals surface area contributed by atoms with Crippen LogP contribution in [0.25, 0.3) is 0 Å². The molecule has 0 bridgehead atoms. The summed E-state index contributed by atoms with van der Waals surface area (Å²) in [6.07, 6.45) is 2.88. The van der Waals surface area contributed by atoms with Gasteiger partial charge in [-0.25, -0.2) is 8.42 Å². The standard InChI is InChI=1S/C6H14N.FHO3S/c1-7(2)5-3-4-6-7;1-5(2,3)4/h3-6H2,1-2H3;(H,2,3,4)/q+1;/p-1. The lowest BCUT2D eigenvalue weighted by Crippen LogP contribution is -2.35. The van der Waals surface area contributed by atoms with Crippen LogP contribution in [0.2, 0.25) is 0 Å². The van der Waals surface area contributed by atoms with E-state index in [1.165, 1.54) is 30.4 Å². The molecule has 0 aliphatic carbocycles. The highest BCUT2D eigenvalue weighted by atomic mass is 32.3. The summed E-state index contributed by atoms with van der Waals surface area (Å²) in [4.78, 5) is 0. The largest absolute Gasteiger partial charge is 0.722 e. The van der Waals surface area contributed by atoms with Crippen LogP contribution in [0.5, 0.6) is 0 Å². The molecule has 4 nitrogen and oxygen atoms in total. The van der Waals surface area contributed by atoms with Crippen LogP contribution in [-0.4, -0.2) is 44.6 Å². The lowest BCUT2D eigenvalue weighted by atomic mass is 10.4. The van der Waals surface area contributed by atoms with E-state index in [1.807, 2.05) is 0 Å². The van der Waals surface area contributed by atoms with E-state index < -0.39 is 10.5 Å². The van der Waals surface area contributed by atoms with Crippen molar-refractivity contribution in [3.8, 4) is 0 Å². The highest BCUT2D eigenvalue weighted by Gasteiger charge is 2.19. The second kappa shape index (κ2) is 4.15. The van der Waals surface area contributed by atoms with Gasteiger partial charge in [-0.3, -0.25) is 0 Å². The number of nitrogens with zero attached hydrogens (tertiary/aromatic N) is 1. The fourth-order valence-corrected chi connectivity index (χ4v) is 1.19. The Balaban J connectivity index is 0.000000217. The van der Waals surface area contributed by atoms with Gasteiger partial charge < -0.3 is 9.04 Å². The van der Waals surface area contributed by atoms with Gasteiger partial charge in [-0.05, 0) is 0 Å². The molecule has 0 amide bonds. The smallest absolute Gasteiger partial charge is 0.255 e. The van der Waals surface area contributed by atoms with Gasteiger partial charge in [0.2, 0.25) is 0 Å². The second-order valence-electron chi connectivity index (χ2n) is 3.48. The highest BCUT2D eigenvalue weighted by molar-refractivity contribution is 7.80. The molecule has 6 heteroatoms. The van der Waals surface area contributed by atoms with E-state index in [0.29, 0.717) is 0 Å². The summed E-state index contributed by atoms with van der Waals surface area (Å²) in [5.74, 6) is 0. The monoisotopic (exact) mass is 199 g/mol. The minimum absolute atomic E-state index is 1.25. The highest BCUT2D eigenvalue weighted by Crippen LogP contribution is 2.11. The summed E-state index contributed by atoms with van der Waals surface area (Å²) in [5.41, 5.74) is 0. The quantitative estimate of drug-likeness (QED) is 0.320. The van der Waals surface area contributed by atoms with Crippen LogP contribution in [0, 0.1) is 0 Å². The van der Waals surface area contributed by atoms with Gasteiger partial charge >= 0.3 is 0 Å². The molecule has 0 radical (unpaired) electrons. The van der Waals surface area contributed by atoms with Crippen LogP contribution in [0.3, 0.4) is 0 Å². The van der Waals surface area contributed by atoms with Crippen molar-refractivity contribution in [3.63, 3.8) is 0 Å². The summed E-state index contributed by atoms with van der Waals surface area (Å²) < 4.78 is 36.6. The molecule has 0 spiro atoms. The van der Waals surface area contributed by atoms with E-state index >= 15 is 0 Å². The molecule has 0 aromatic heterocycles. The number of halogens is 1. The molecule has 74 valence electrons. The van der Waals surface area contributed by atoms with Gasteiger partial charge in [-0.2, -0.15) is 0 Å². The number of hydrogen-bond donors (Lipinski definition) is 0. The lowest BCUT2D eigenvalue weighted by molar-refractivity contribution is -0.877. The van der Waals surface area contributed by atoms with Gasteiger partial charge in [0.05, 0.1) is 27.2 Å². The Morgan fingerprint density at radius 2 is 1.50 bits per heavy atom. The van der Waals surface area contributed by atoms with E-state index in [9.17, 15) is 3.89 Å². The molecule has 1 fully saturated rings. The van der Waals surface area contributed by atoms with Crippen LogP contribution < -0.4 is 0 Å². The van der Waals surface area contributed by atoms with E-state index in [0.717, 1.165) is 0 Å². The average Bonchev–Trinajstić information content (AvgIpc) is 2.08. The Hall–Kier alpha value is -0.200. The maximum absolute atomic E-state index is 10.1. The molecule has 0 saturated carbocycles. The Morgan fingerprint density at radius 1 is 1.25 bits per heavy atom. The first-order valence-corrected chi connectivity index (χ1v) is 4.99. The zero-order valence-corrected chi connectivity index (χ0v) is 8.10. The molecule has 1 heterocycles. The molecular formula is C6H14FNO3S. The van der Waals surface area contributed by atoms with Crippen LogP contribution in [0.4, 0.5) is 3.89 Å². The van der Waals surface area contributed by atoms with Gasteiger partial charge in [-0.15, -0.1) is 3.89 Å². The van der Waals surface area contributed by atoms with Crippen molar-refractivity contribution < 1.29 is 21.3 Å². The summed E-state index contributed by atoms with van der Waals surface area (Å²) in [6, 6.07) is 0. The molecule has 1 aliphatic rings. The minimum Gasteiger partial charge on any atom is -0.722 e. The normalized spacial score (nSPS) is 21.3. The van der Waals surface area contributed by atoms with Gasteiger partial charge in [0.15, 0.2) is 0 Å². The molecule has 1 saturated heterocycles. The van der Waals surface area contributed by atoms with Crippen molar-refractivity contribution in [2.24, 2.45) is 0 Å². The van der Waals surface area contributed by atoms with Gasteiger partial charge in [-0.1, -0.05) is 0 Å². The third kappa shape index (κ3) is 9.80. The summed E-state index contributed by atoms with van der Waals surface area (Å²) in [7, 11) is -0.819. The van der Waals surface area contributed by atoms with Crippen LogP contribution in [-0.2, 0) is 10.5 Å². The SMILES string of the molecule is C[N+]1(C)CCCC1.O=S(=O)([O-])F. The first-order valence-electron chi connectivity index (χ1n) is 3.68. The maximum Gasteiger partial charge on any atom is 0.255 e. The van der Waals surface area contributed by atoms with Crippen molar-refractivity contribution in [2.75, 3.05) is 27.2 Å². The lowest BCUT2D eigenvalue weighted by Gasteiger charge is -2.21. The first kappa shape index (κ1) is 11.8. The zero-order chi connectivity index (χ0) is 9.83. The Kier molecular flexibility index (Phi) is 4.09. The fourth-order valence-electron chi connectivity index (χ4n) is 1.19. The van der Waals surface area contributed by atoms with Crippen molar-refractivity contribution in [3.05, 3.63) is 0 Å². The second-order valence-corrected chi connectivity index (χ2v) is 4.27. The topological polar surface area (TPSA) is 57.2 Å². The zero-order valence-electron chi connectivity index (χ0n) is 7.29. The van der Waals surface area contributed by atoms with Crippen molar-refractivity contribution in [2.45, 2.75) is 12.8 Å². The molecule has 0 atom stereocenters. The van der Waals surface area contributed by atoms with Crippen molar-refractivity contribution in [1.29, 1.82) is 0 Å². The van der Waals surface area contributed by atoms with E-state index in [4.69, 9.17) is 13.0 Å². The summed E-state index contributed by atoms with van der Waals surface area (Å²) in [5, 5.41) is 0. The van der Waals surface area contributed by atoms with Crippen molar-refractivity contribution in [1.82, 2.24) is 0 Å². The van der Waals surface area contributed by atoms with E-state index in [-0.39, 0.29) is 0 Å². The summed E-state index contributed by atoms with van der Waals surface area (Å²) in [6.45, 7) is 2.78. The first-order chi connectivity index (χ1) is 5.21. The molecular weight excluding hydrogens is 185 g/mol. The predicted molar refractivity (Wildman–Crippen MR) is 41.9 cm³/mol. The fraction of sp³-hybridized carbons (Fsp3) is 1.00. The molecule has 12 heavy (non-hydrogen) atoms. The van der Waals surface area contributed by atoms with E-state index in [1.54, 1.807) is 0 Å². The van der Waals surface area contributed by atoms with Crippen LogP contribution in [0.1, 0.15) is 12.8 Å². The predicted octanol–water partition coefficient (Wildman–Crippen LogP) is 0.273. The van der Waals surface area contributed by atoms with Gasteiger partial charge in [0, 0.05) is 12.8 Å². The molecule has 1 aliphatic heterocycles. The average molecular weight is 199 g/mol. The number of rotatable bonds is 0. The van der Waals surface area contributed by atoms with Crippen LogP contribution >= 0.6 is 0 Å². The van der Waals surface area contributed by atoms with Crippen molar-refractivity contribution >= 4 is 10.5 Å². The third-order valence-corrected chi connectivity index (χ3v) is 1.78. The molecule has 0 unspecified atom stereocenters. The van der Waals surface area contributed by atoms with E-state index in [2.05, 4.69) is 14.1 Å². The number of quaternary nitrogens is 1. The molecule has 0 aromatic rings. The number of hydrogen-bond acceptors (Lipinski definition) is 3. The van der Waals surface area contributed by atoms with Gasteiger partial charge in [0.25, 0.3) is 10.5 Å². The number of likely N-dealkylation sites (tertiary alicyclic amines) is 1. The third-order valence-electron chi connectivity index (χ3n) is 1.78. The van der Waals surface area contributed by atoms with Crippen LogP contribution in [0.15, 0.2) is 0 Å².